The van der Waals surface area contributed by atoms with Crippen molar-refractivity contribution in [3.8, 4) is 5.75 Å². The highest BCUT2D eigenvalue weighted by atomic mass is 79.9. The van der Waals surface area contributed by atoms with Crippen molar-refractivity contribution in [2.45, 2.75) is 6.54 Å². The van der Waals surface area contributed by atoms with Gasteiger partial charge in [-0.05, 0) is 56.1 Å². The number of rotatable bonds is 3. The summed E-state index contributed by atoms with van der Waals surface area (Å²) in [6, 6.07) is 6.80. The summed E-state index contributed by atoms with van der Waals surface area (Å²) in [7, 11) is 1.67. The molecule has 0 atom stereocenters. The minimum atomic E-state index is -0.268. The van der Waals surface area contributed by atoms with E-state index >= 15 is 0 Å². The van der Waals surface area contributed by atoms with Crippen LogP contribution in [0.2, 0.25) is 0 Å². The van der Waals surface area contributed by atoms with Crippen molar-refractivity contribution < 1.29 is 18.7 Å². The molecule has 0 aliphatic heterocycles. The summed E-state index contributed by atoms with van der Waals surface area (Å²) < 4.78 is 11.8. The number of carbonyl (C=O) groups excluding carboxylic acids is 1. The molecule has 5 nitrogen and oxygen atoms in total. The van der Waals surface area contributed by atoms with Crippen LogP contribution in [0.5, 0.6) is 5.75 Å². The molecule has 2 heterocycles. The molecule has 7 heteroatoms. The zero-order chi connectivity index (χ0) is 15.9. The summed E-state index contributed by atoms with van der Waals surface area (Å²) in [4.78, 5) is 13.9. The number of aromatic hydroxyl groups is 1. The average Bonchev–Trinajstić information content (AvgIpc) is 3.13. The number of fused-ring (bicyclic) bond motifs is 1. The number of carbonyl (C=O) groups is 1. The number of benzene rings is 1. The number of halogens is 2. The number of amides is 1. The number of phenolic OH excluding ortho intramolecular Hbond substituents is 1. The lowest BCUT2D eigenvalue weighted by Crippen LogP contribution is -2.25. The highest BCUT2D eigenvalue weighted by molar-refractivity contribution is 9.11. The number of furan rings is 2. The molecule has 0 radical (unpaired) electrons. The Bertz CT molecular complexity index is 839. The second kappa shape index (κ2) is 5.81. The third-order valence-corrected chi connectivity index (χ3v) is 4.63. The van der Waals surface area contributed by atoms with Gasteiger partial charge in [0.1, 0.15) is 17.1 Å². The molecule has 0 unspecified atom stereocenters. The van der Waals surface area contributed by atoms with Gasteiger partial charge < -0.3 is 18.8 Å². The van der Waals surface area contributed by atoms with E-state index in [1.54, 1.807) is 37.6 Å². The Morgan fingerprint density at radius 2 is 2.14 bits per heavy atom. The second-order valence-corrected chi connectivity index (χ2v) is 6.43. The Morgan fingerprint density at radius 3 is 2.82 bits per heavy atom. The van der Waals surface area contributed by atoms with Crippen LogP contribution in [0.3, 0.4) is 0 Å². The van der Waals surface area contributed by atoms with Crippen LogP contribution < -0.4 is 0 Å². The fraction of sp³-hybridized carbons (Fsp3) is 0.133. The van der Waals surface area contributed by atoms with E-state index < -0.39 is 0 Å². The van der Waals surface area contributed by atoms with Crippen molar-refractivity contribution >= 4 is 48.7 Å². The highest BCUT2D eigenvalue weighted by Crippen LogP contribution is 2.40. The Kier molecular flexibility index (Phi) is 4.01. The lowest BCUT2D eigenvalue weighted by molar-refractivity contribution is 0.0746. The van der Waals surface area contributed by atoms with Crippen molar-refractivity contribution in [3.05, 3.63) is 51.0 Å². The molecule has 0 aliphatic rings. The van der Waals surface area contributed by atoms with Crippen LogP contribution in [0.25, 0.3) is 11.0 Å². The van der Waals surface area contributed by atoms with E-state index in [0.717, 1.165) is 0 Å². The smallest absolute Gasteiger partial charge is 0.289 e. The molecule has 3 aromatic rings. The van der Waals surface area contributed by atoms with Gasteiger partial charge in [-0.15, -0.1) is 0 Å². The minimum Gasteiger partial charge on any atom is -0.506 e. The van der Waals surface area contributed by atoms with E-state index in [1.165, 1.54) is 4.90 Å². The minimum absolute atomic E-state index is 0.0660. The van der Waals surface area contributed by atoms with Gasteiger partial charge >= 0.3 is 0 Å². The molecule has 0 fully saturated rings. The summed E-state index contributed by atoms with van der Waals surface area (Å²) in [5, 5.41) is 10.5. The SMILES string of the molecule is CN(Cc1ccco1)C(=O)c1cc2c(Br)c(O)c(Br)cc2o1. The summed E-state index contributed by atoms with van der Waals surface area (Å²) in [6.07, 6.45) is 1.56. The molecule has 1 N–H and O–H groups in total. The van der Waals surface area contributed by atoms with Crippen LogP contribution in [0.4, 0.5) is 0 Å². The van der Waals surface area contributed by atoms with E-state index in [9.17, 15) is 9.90 Å². The first-order valence-electron chi connectivity index (χ1n) is 6.35. The van der Waals surface area contributed by atoms with Crippen LogP contribution in [-0.2, 0) is 6.54 Å². The van der Waals surface area contributed by atoms with Crippen LogP contribution in [-0.4, -0.2) is 23.0 Å². The number of hydrogen-bond donors (Lipinski definition) is 1. The highest BCUT2D eigenvalue weighted by Gasteiger charge is 2.20. The molecular formula is C15H11Br2NO4. The van der Waals surface area contributed by atoms with Crippen LogP contribution >= 0.6 is 31.9 Å². The molecule has 1 aromatic carbocycles. The van der Waals surface area contributed by atoms with E-state index in [0.29, 0.717) is 32.2 Å². The van der Waals surface area contributed by atoms with Gasteiger partial charge in [0.25, 0.3) is 5.91 Å². The predicted octanol–water partition coefficient (Wildman–Crippen LogP) is 4.53. The lowest BCUT2D eigenvalue weighted by Gasteiger charge is -2.13. The maximum Gasteiger partial charge on any atom is 0.289 e. The molecule has 0 aliphatic carbocycles. The monoisotopic (exact) mass is 427 g/mol. The standard InChI is InChI=1S/C15H11Br2NO4/c1-18(7-8-3-2-4-21-8)15(20)12-5-9-11(22-12)6-10(16)14(19)13(9)17/h2-6,19H,7H2,1H3. The van der Waals surface area contributed by atoms with Gasteiger partial charge in [0.2, 0.25) is 0 Å². The second-order valence-electron chi connectivity index (χ2n) is 4.78. The van der Waals surface area contributed by atoms with Crippen molar-refractivity contribution in [3.63, 3.8) is 0 Å². The molecule has 0 saturated carbocycles. The Hall–Kier alpha value is -1.73. The maximum absolute atomic E-state index is 12.4. The molecule has 114 valence electrons. The molecule has 2 aromatic heterocycles. The molecule has 0 spiro atoms. The van der Waals surface area contributed by atoms with Crippen molar-refractivity contribution in [2.24, 2.45) is 0 Å². The van der Waals surface area contributed by atoms with Gasteiger partial charge in [-0.1, -0.05) is 0 Å². The van der Waals surface area contributed by atoms with Crippen LogP contribution in [0.1, 0.15) is 16.3 Å². The van der Waals surface area contributed by atoms with E-state index in [1.807, 2.05) is 0 Å². The van der Waals surface area contributed by atoms with Gasteiger partial charge in [0.15, 0.2) is 5.76 Å². The van der Waals surface area contributed by atoms with Crippen molar-refractivity contribution in [1.82, 2.24) is 4.90 Å². The molecule has 0 saturated heterocycles. The fourth-order valence-corrected chi connectivity index (χ4v) is 3.30. The van der Waals surface area contributed by atoms with Crippen LogP contribution in [0, 0.1) is 0 Å². The Labute approximate surface area is 142 Å². The summed E-state index contributed by atoms with van der Waals surface area (Å²) in [5.41, 5.74) is 0.506. The first-order valence-corrected chi connectivity index (χ1v) is 7.94. The van der Waals surface area contributed by atoms with Crippen molar-refractivity contribution in [1.29, 1.82) is 0 Å². The normalized spacial score (nSPS) is 11.0. The molecule has 1 amide bonds. The number of hydrogen-bond acceptors (Lipinski definition) is 4. The topological polar surface area (TPSA) is 66.8 Å². The predicted molar refractivity (Wildman–Crippen MR) is 87.8 cm³/mol. The van der Waals surface area contributed by atoms with Crippen LogP contribution in [0.15, 0.2) is 48.3 Å². The first-order chi connectivity index (χ1) is 10.5. The van der Waals surface area contributed by atoms with Gasteiger partial charge in [0.05, 0.1) is 21.8 Å². The fourth-order valence-electron chi connectivity index (χ4n) is 2.10. The number of phenols is 1. The summed E-state index contributed by atoms with van der Waals surface area (Å²) in [5.74, 6) is 0.683. The summed E-state index contributed by atoms with van der Waals surface area (Å²) in [6.45, 7) is 0.346. The first kappa shape index (κ1) is 15.2. The van der Waals surface area contributed by atoms with Crippen molar-refractivity contribution in [2.75, 3.05) is 7.05 Å². The quantitative estimate of drug-likeness (QED) is 0.665. The Morgan fingerprint density at radius 1 is 1.36 bits per heavy atom. The largest absolute Gasteiger partial charge is 0.506 e. The number of nitrogens with zero attached hydrogens (tertiary/aromatic N) is 1. The molecular weight excluding hydrogens is 418 g/mol. The lowest BCUT2D eigenvalue weighted by atomic mass is 10.2. The van der Waals surface area contributed by atoms with E-state index in [2.05, 4.69) is 31.9 Å². The zero-order valence-electron chi connectivity index (χ0n) is 11.5. The zero-order valence-corrected chi connectivity index (χ0v) is 14.6. The average molecular weight is 429 g/mol. The third-order valence-electron chi connectivity index (χ3n) is 3.22. The molecule has 22 heavy (non-hydrogen) atoms. The molecule has 3 rings (SSSR count). The van der Waals surface area contributed by atoms with Gasteiger partial charge in [-0.25, -0.2) is 0 Å². The van der Waals surface area contributed by atoms with E-state index in [-0.39, 0.29) is 17.4 Å². The van der Waals surface area contributed by atoms with Gasteiger partial charge in [0, 0.05) is 12.4 Å². The van der Waals surface area contributed by atoms with E-state index in [4.69, 9.17) is 8.83 Å². The van der Waals surface area contributed by atoms with Gasteiger partial charge in [-0.3, -0.25) is 4.79 Å². The summed E-state index contributed by atoms with van der Waals surface area (Å²) >= 11 is 6.53. The maximum atomic E-state index is 12.4. The van der Waals surface area contributed by atoms with Gasteiger partial charge in [-0.2, -0.15) is 0 Å². The molecule has 0 bridgehead atoms. The Balaban J connectivity index is 1.93. The third kappa shape index (κ3) is 2.66.